The third kappa shape index (κ3) is 2.51. The normalized spacial score (nSPS) is 15.3. The third-order valence-corrected chi connectivity index (χ3v) is 5.10. The lowest BCUT2D eigenvalue weighted by Gasteiger charge is -2.12. The van der Waals surface area contributed by atoms with Crippen LogP contribution in [0.2, 0.25) is 5.02 Å². The fraction of sp³-hybridized carbons (Fsp3) is 0.0435. The topological polar surface area (TPSA) is 21.3 Å². The molecular weight excluding hydrogens is 342 g/mol. The van der Waals surface area contributed by atoms with Crippen molar-refractivity contribution in [3.8, 4) is 16.9 Å². The third-order valence-electron chi connectivity index (χ3n) is 4.79. The lowest BCUT2D eigenvalue weighted by molar-refractivity contribution is 0.262. The summed E-state index contributed by atoms with van der Waals surface area (Å²) in [5, 5.41) is 6.21. The fourth-order valence-corrected chi connectivity index (χ4v) is 3.73. The van der Waals surface area contributed by atoms with Crippen molar-refractivity contribution >= 4 is 28.1 Å². The van der Waals surface area contributed by atoms with Crippen LogP contribution in [0.15, 0.2) is 84.9 Å². The quantitative estimate of drug-likeness (QED) is 0.433. The highest BCUT2D eigenvalue weighted by molar-refractivity contribution is 6.36. The summed E-state index contributed by atoms with van der Waals surface area (Å²) in [5.74, 6) is 0.863. The van der Waals surface area contributed by atoms with E-state index in [1.54, 1.807) is 0 Å². The molecule has 26 heavy (non-hydrogen) atoms. The summed E-state index contributed by atoms with van der Waals surface area (Å²) in [6.07, 6.45) is -0.211. The van der Waals surface area contributed by atoms with Gasteiger partial charge in [0.2, 0.25) is 0 Å². The molecule has 0 bridgehead atoms. The highest BCUT2D eigenvalue weighted by Crippen LogP contribution is 2.45. The number of anilines is 1. The standard InChI is InChI=1S/C23H16ClNO/c24-20-14-21-22(19-9-5-4-8-18(19)20)26-23(25-21)17-12-10-16(11-13-17)15-6-2-1-3-7-15/h1-14,23,25H. The molecule has 4 aromatic carbocycles. The Morgan fingerprint density at radius 2 is 1.38 bits per heavy atom. The number of nitrogens with one attached hydrogen (secondary N) is 1. The summed E-state index contributed by atoms with van der Waals surface area (Å²) in [6, 6.07) is 28.8. The van der Waals surface area contributed by atoms with Crippen LogP contribution in [-0.4, -0.2) is 0 Å². The second kappa shape index (κ2) is 6.08. The number of benzene rings is 4. The summed E-state index contributed by atoms with van der Waals surface area (Å²) >= 11 is 6.43. The van der Waals surface area contributed by atoms with E-state index in [9.17, 15) is 0 Å². The van der Waals surface area contributed by atoms with E-state index < -0.39 is 0 Å². The Kier molecular flexibility index (Phi) is 3.58. The van der Waals surface area contributed by atoms with Gasteiger partial charge in [0.15, 0.2) is 12.0 Å². The lowest BCUT2D eigenvalue weighted by atomic mass is 10.0. The number of ether oxygens (including phenoxy) is 1. The zero-order valence-electron chi connectivity index (χ0n) is 13.9. The van der Waals surface area contributed by atoms with E-state index in [4.69, 9.17) is 16.3 Å². The van der Waals surface area contributed by atoms with Gasteiger partial charge in [-0.3, -0.25) is 0 Å². The van der Waals surface area contributed by atoms with Crippen molar-refractivity contribution in [2.24, 2.45) is 0 Å². The highest BCUT2D eigenvalue weighted by Gasteiger charge is 2.26. The Hall–Kier alpha value is -2.97. The largest absolute Gasteiger partial charge is 0.464 e. The molecule has 1 N–H and O–H groups in total. The van der Waals surface area contributed by atoms with E-state index in [2.05, 4.69) is 53.8 Å². The van der Waals surface area contributed by atoms with E-state index in [-0.39, 0.29) is 6.23 Å². The van der Waals surface area contributed by atoms with Crippen molar-refractivity contribution in [1.82, 2.24) is 0 Å². The van der Waals surface area contributed by atoms with E-state index in [0.29, 0.717) is 0 Å². The lowest BCUT2D eigenvalue weighted by Crippen LogP contribution is -2.09. The van der Waals surface area contributed by atoms with Crippen molar-refractivity contribution < 1.29 is 4.74 Å². The number of rotatable bonds is 2. The van der Waals surface area contributed by atoms with Gasteiger partial charge in [-0.15, -0.1) is 0 Å². The van der Waals surface area contributed by atoms with Crippen LogP contribution in [0.4, 0.5) is 5.69 Å². The van der Waals surface area contributed by atoms with Crippen molar-refractivity contribution in [2.45, 2.75) is 6.23 Å². The van der Waals surface area contributed by atoms with E-state index >= 15 is 0 Å². The average Bonchev–Trinajstić information content (AvgIpc) is 3.13. The monoisotopic (exact) mass is 357 g/mol. The Labute approximate surface area is 157 Å². The molecule has 1 aliphatic rings. The van der Waals surface area contributed by atoms with Gasteiger partial charge in [0.1, 0.15) is 0 Å². The van der Waals surface area contributed by atoms with Crippen LogP contribution in [0.3, 0.4) is 0 Å². The molecule has 1 heterocycles. The van der Waals surface area contributed by atoms with E-state index in [1.807, 2.05) is 36.4 Å². The van der Waals surface area contributed by atoms with Crippen molar-refractivity contribution in [3.05, 3.63) is 95.5 Å². The predicted octanol–water partition coefficient (Wildman–Crippen LogP) is 6.66. The molecule has 0 radical (unpaired) electrons. The maximum Gasteiger partial charge on any atom is 0.196 e. The van der Waals surface area contributed by atoms with Crippen molar-refractivity contribution in [3.63, 3.8) is 0 Å². The summed E-state index contributed by atoms with van der Waals surface area (Å²) in [5.41, 5.74) is 4.42. The first-order valence-corrected chi connectivity index (χ1v) is 8.97. The van der Waals surface area contributed by atoms with Crippen LogP contribution in [-0.2, 0) is 0 Å². The van der Waals surface area contributed by atoms with Crippen LogP contribution >= 0.6 is 11.6 Å². The van der Waals surface area contributed by atoms with Gasteiger partial charge in [-0.25, -0.2) is 0 Å². The van der Waals surface area contributed by atoms with Gasteiger partial charge < -0.3 is 10.1 Å². The molecule has 0 spiro atoms. The second-order valence-corrected chi connectivity index (χ2v) is 6.82. The minimum atomic E-state index is -0.211. The van der Waals surface area contributed by atoms with E-state index in [0.717, 1.165) is 32.8 Å². The average molecular weight is 358 g/mol. The Morgan fingerprint density at radius 3 is 2.15 bits per heavy atom. The van der Waals surface area contributed by atoms with Gasteiger partial charge in [0.25, 0.3) is 0 Å². The molecule has 0 saturated heterocycles. The Balaban J connectivity index is 1.48. The van der Waals surface area contributed by atoms with Gasteiger partial charge in [-0.2, -0.15) is 0 Å². The number of fused-ring (bicyclic) bond motifs is 3. The maximum atomic E-state index is 6.43. The van der Waals surface area contributed by atoms with Crippen molar-refractivity contribution in [2.75, 3.05) is 5.32 Å². The van der Waals surface area contributed by atoms with Gasteiger partial charge >= 0.3 is 0 Å². The van der Waals surface area contributed by atoms with Crippen LogP contribution in [0.1, 0.15) is 11.8 Å². The smallest absolute Gasteiger partial charge is 0.196 e. The molecule has 2 nitrogen and oxygen atoms in total. The van der Waals surface area contributed by atoms with Gasteiger partial charge in [-0.05, 0) is 17.2 Å². The van der Waals surface area contributed by atoms with Crippen LogP contribution in [0.5, 0.6) is 5.75 Å². The molecule has 0 aliphatic carbocycles. The Bertz CT molecular complexity index is 1090. The number of halogens is 1. The minimum Gasteiger partial charge on any atom is -0.464 e. The molecule has 0 fully saturated rings. The molecule has 3 heteroatoms. The van der Waals surface area contributed by atoms with Gasteiger partial charge in [0.05, 0.1) is 10.7 Å². The fourth-order valence-electron chi connectivity index (χ4n) is 3.46. The van der Waals surface area contributed by atoms with Crippen LogP contribution in [0, 0.1) is 0 Å². The highest BCUT2D eigenvalue weighted by atomic mass is 35.5. The van der Waals surface area contributed by atoms with Crippen molar-refractivity contribution in [1.29, 1.82) is 0 Å². The summed E-state index contributed by atoms with van der Waals surface area (Å²) in [4.78, 5) is 0. The zero-order valence-corrected chi connectivity index (χ0v) is 14.7. The maximum absolute atomic E-state index is 6.43. The number of hydrogen-bond donors (Lipinski definition) is 1. The molecule has 1 atom stereocenters. The van der Waals surface area contributed by atoms with Crippen LogP contribution < -0.4 is 10.1 Å². The molecule has 4 aromatic rings. The van der Waals surface area contributed by atoms with E-state index in [1.165, 1.54) is 11.1 Å². The first-order valence-electron chi connectivity index (χ1n) is 8.59. The first kappa shape index (κ1) is 15.3. The predicted molar refractivity (Wildman–Crippen MR) is 108 cm³/mol. The molecule has 1 aliphatic heterocycles. The molecule has 1 unspecified atom stereocenters. The van der Waals surface area contributed by atoms with Gasteiger partial charge in [0, 0.05) is 16.3 Å². The zero-order chi connectivity index (χ0) is 17.5. The SMILES string of the molecule is Clc1cc2c(c3ccccc13)OC(c1ccc(-c3ccccc3)cc1)N2. The molecule has 0 aromatic heterocycles. The summed E-state index contributed by atoms with van der Waals surface area (Å²) in [7, 11) is 0. The first-order chi connectivity index (χ1) is 12.8. The molecule has 0 amide bonds. The summed E-state index contributed by atoms with van der Waals surface area (Å²) in [6.45, 7) is 0. The molecular formula is C23H16ClNO. The van der Waals surface area contributed by atoms with Gasteiger partial charge in [-0.1, -0.05) is 90.5 Å². The Morgan fingerprint density at radius 1 is 0.731 bits per heavy atom. The molecule has 126 valence electrons. The molecule has 5 rings (SSSR count). The summed E-state index contributed by atoms with van der Waals surface area (Å²) < 4.78 is 6.24. The number of hydrogen-bond acceptors (Lipinski definition) is 2. The van der Waals surface area contributed by atoms with Crippen LogP contribution in [0.25, 0.3) is 21.9 Å². The minimum absolute atomic E-state index is 0.211. The second-order valence-electron chi connectivity index (χ2n) is 6.41. The molecule has 0 saturated carbocycles.